The van der Waals surface area contributed by atoms with Crippen molar-refractivity contribution in [1.29, 1.82) is 0 Å². The van der Waals surface area contributed by atoms with Gasteiger partial charge in [-0.15, -0.1) is 0 Å². The number of nitrogens with one attached hydrogen (secondary N) is 1. The fraction of sp³-hybridized carbons (Fsp3) is 0.688. The molecule has 0 aliphatic carbocycles. The monoisotopic (exact) mass is 274 g/mol. The summed E-state index contributed by atoms with van der Waals surface area (Å²) in [5.74, 6) is 1.06. The Bertz CT molecular complexity index is 434. The van der Waals surface area contributed by atoms with Crippen LogP contribution in [-0.4, -0.2) is 53.5 Å². The molecule has 3 rings (SSSR count). The molecular formula is C16H26N4. The zero-order valence-electron chi connectivity index (χ0n) is 12.5. The predicted molar refractivity (Wildman–Crippen MR) is 82.9 cm³/mol. The zero-order valence-corrected chi connectivity index (χ0v) is 12.5. The van der Waals surface area contributed by atoms with E-state index >= 15 is 0 Å². The van der Waals surface area contributed by atoms with Crippen LogP contribution >= 0.6 is 0 Å². The molecule has 2 aliphatic heterocycles. The maximum atomic E-state index is 4.47. The lowest BCUT2D eigenvalue weighted by Gasteiger charge is -2.44. The molecule has 2 fully saturated rings. The Labute approximate surface area is 122 Å². The van der Waals surface area contributed by atoms with Crippen LogP contribution in [0.4, 0.5) is 5.82 Å². The van der Waals surface area contributed by atoms with Crippen molar-refractivity contribution >= 4 is 5.82 Å². The summed E-state index contributed by atoms with van der Waals surface area (Å²) in [6.07, 6.45) is 6.05. The molecule has 20 heavy (non-hydrogen) atoms. The van der Waals surface area contributed by atoms with Gasteiger partial charge in [0.05, 0.1) is 0 Å². The first kappa shape index (κ1) is 13.8. The van der Waals surface area contributed by atoms with Gasteiger partial charge in [-0.25, -0.2) is 4.98 Å². The largest absolute Gasteiger partial charge is 0.370 e. The molecule has 1 N–H and O–H groups in total. The number of fused-ring (bicyclic) bond motifs is 1. The van der Waals surface area contributed by atoms with Gasteiger partial charge in [0.15, 0.2) is 0 Å². The maximum Gasteiger partial charge on any atom is 0.130 e. The van der Waals surface area contributed by atoms with E-state index in [0.717, 1.165) is 24.9 Å². The average Bonchev–Trinajstić information content (AvgIpc) is 2.49. The van der Waals surface area contributed by atoms with E-state index in [0.29, 0.717) is 0 Å². The summed E-state index contributed by atoms with van der Waals surface area (Å²) in [7, 11) is 0. The second-order valence-corrected chi connectivity index (χ2v) is 5.96. The molecule has 2 aliphatic rings. The molecular weight excluding hydrogens is 248 g/mol. The topological polar surface area (TPSA) is 31.4 Å². The number of hydrogen-bond acceptors (Lipinski definition) is 4. The molecule has 1 unspecified atom stereocenters. The van der Waals surface area contributed by atoms with E-state index in [1.54, 1.807) is 0 Å². The molecule has 3 heterocycles. The van der Waals surface area contributed by atoms with E-state index in [2.05, 4.69) is 33.1 Å². The van der Waals surface area contributed by atoms with Crippen molar-refractivity contribution in [3.8, 4) is 0 Å². The Morgan fingerprint density at radius 2 is 2.25 bits per heavy atom. The van der Waals surface area contributed by atoms with Crippen molar-refractivity contribution < 1.29 is 0 Å². The van der Waals surface area contributed by atoms with Gasteiger partial charge in [-0.1, -0.05) is 12.5 Å². The number of hydrogen-bond donors (Lipinski definition) is 1. The van der Waals surface area contributed by atoms with Gasteiger partial charge in [0.25, 0.3) is 0 Å². The lowest BCUT2D eigenvalue weighted by atomic mass is 9.99. The van der Waals surface area contributed by atoms with Crippen LogP contribution < -0.4 is 5.32 Å². The summed E-state index contributed by atoms with van der Waals surface area (Å²) in [4.78, 5) is 9.76. The van der Waals surface area contributed by atoms with E-state index in [1.807, 2.05) is 12.3 Å². The molecule has 4 nitrogen and oxygen atoms in total. The third kappa shape index (κ3) is 3.13. The molecule has 1 atom stereocenters. The molecule has 0 radical (unpaired) electrons. The van der Waals surface area contributed by atoms with Gasteiger partial charge in [-0.2, -0.15) is 0 Å². The minimum absolute atomic E-state index is 0.789. The highest BCUT2D eigenvalue weighted by atomic mass is 15.3. The van der Waals surface area contributed by atoms with Crippen molar-refractivity contribution in [1.82, 2.24) is 14.8 Å². The van der Waals surface area contributed by atoms with Crippen LogP contribution in [0.3, 0.4) is 0 Å². The molecule has 0 amide bonds. The summed E-state index contributed by atoms with van der Waals surface area (Å²) in [5.41, 5.74) is 1.33. The Hall–Kier alpha value is -1.13. The first-order chi connectivity index (χ1) is 9.86. The number of anilines is 1. The van der Waals surface area contributed by atoms with Gasteiger partial charge in [-0.05, 0) is 32.4 Å². The van der Waals surface area contributed by atoms with Crippen molar-refractivity contribution in [2.75, 3.05) is 38.0 Å². The second kappa shape index (κ2) is 6.55. The summed E-state index contributed by atoms with van der Waals surface area (Å²) in [5, 5.41) is 3.37. The summed E-state index contributed by atoms with van der Waals surface area (Å²) in [6, 6.07) is 5.04. The van der Waals surface area contributed by atoms with Gasteiger partial charge in [0.2, 0.25) is 0 Å². The molecule has 0 saturated carbocycles. The van der Waals surface area contributed by atoms with Crippen LogP contribution in [-0.2, 0) is 6.54 Å². The maximum absolute atomic E-state index is 4.47. The Morgan fingerprint density at radius 3 is 3.15 bits per heavy atom. The van der Waals surface area contributed by atoms with E-state index in [-0.39, 0.29) is 0 Å². The molecule has 0 aromatic carbocycles. The fourth-order valence-electron chi connectivity index (χ4n) is 3.50. The molecule has 0 spiro atoms. The van der Waals surface area contributed by atoms with Crippen LogP contribution in [0.5, 0.6) is 0 Å². The number of nitrogens with zero attached hydrogens (tertiary/aromatic N) is 3. The minimum Gasteiger partial charge on any atom is -0.370 e. The lowest BCUT2D eigenvalue weighted by molar-refractivity contribution is 0.0457. The summed E-state index contributed by atoms with van der Waals surface area (Å²) < 4.78 is 0. The first-order valence-corrected chi connectivity index (χ1v) is 8.01. The van der Waals surface area contributed by atoms with Crippen LogP contribution in [0, 0.1) is 0 Å². The van der Waals surface area contributed by atoms with Gasteiger partial charge >= 0.3 is 0 Å². The number of rotatable bonds is 4. The summed E-state index contributed by atoms with van der Waals surface area (Å²) >= 11 is 0. The third-order valence-corrected chi connectivity index (χ3v) is 4.55. The Morgan fingerprint density at radius 1 is 1.30 bits per heavy atom. The Kier molecular flexibility index (Phi) is 4.53. The lowest BCUT2D eigenvalue weighted by Crippen LogP contribution is -2.54. The van der Waals surface area contributed by atoms with Crippen LogP contribution in [0.1, 0.15) is 31.7 Å². The van der Waals surface area contributed by atoms with E-state index in [9.17, 15) is 0 Å². The number of piperidine rings is 1. The summed E-state index contributed by atoms with van der Waals surface area (Å²) in [6.45, 7) is 9.05. The van der Waals surface area contributed by atoms with Crippen LogP contribution in [0.2, 0.25) is 0 Å². The van der Waals surface area contributed by atoms with Gasteiger partial charge < -0.3 is 5.32 Å². The number of pyridine rings is 1. The Balaban J connectivity index is 1.63. The van der Waals surface area contributed by atoms with E-state index < -0.39 is 0 Å². The number of piperazine rings is 1. The van der Waals surface area contributed by atoms with Crippen molar-refractivity contribution in [3.05, 3.63) is 23.9 Å². The van der Waals surface area contributed by atoms with Crippen LogP contribution in [0.15, 0.2) is 18.3 Å². The minimum atomic E-state index is 0.789. The normalized spacial score (nSPS) is 24.4. The smallest absolute Gasteiger partial charge is 0.130 e. The van der Waals surface area contributed by atoms with Crippen molar-refractivity contribution in [2.24, 2.45) is 0 Å². The molecule has 2 saturated heterocycles. The third-order valence-electron chi connectivity index (χ3n) is 4.55. The van der Waals surface area contributed by atoms with Crippen LogP contribution in [0.25, 0.3) is 0 Å². The number of aromatic nitrogens is 1. The predicted octanol–water partition coefficient (Wildman–Crippen LogP) is 2.18. The highest BCUT2D eigenvalue weighted by Crippen LogP contribution is 2.23. The highest BCUT2D eigenvalue weighted by molar-refractivity contribution is 5.43. The van der Waals surface area contributed by atoms with Gasteiger partial charge in [-0.3, -0.25) is 9.80 Å². The molecule has 0 bridgehead atoms. The highest BCUT2D eigenvalue weighted by Gasteiger charge is 2.28. The average molecular weight is 274 g/mol. The standard InChI is InChI=1S/C16H26N4/c1-2-17-16-14(6-5-8-18-16)12-19-10-11-20-9-4-3-7-15(20)13-19/h5-6,8,15H,2-4,7,9-13H2,1H3,(H,17,18). The fourth-order valence-corrected chi connectivity index (χ4v) is 3.50. The SMILES string of the molecule is CCNc1ncccc1CN1CCN2CCCCC2C1. The van der Waals surface area contributed by atoms with Crippen molar-refractivity contribution in [2.45, 2.75) is 38.8 Å². The molecule has 110 valence electrons. The molecule has 1 aromatic heterocycles. The van der Waals surface area contributed by atoms with E-state index in [1.165, 1.54) is 51.0 Å². The molecule has 4 heteroatoms. The first-order valence-electron chi connectivity index (χ1n) is 8.01. The molecule has 1 aromatic rings. The quantitative estimate of drug-likeness (QED) is 0.912. The van der Waals surface area contributed by atoms with Gasteiger partial charge in [0, 0.05) is 50.5 Å². The zero-order chi connectivity index (χ0) is 13.8. The van der Waals surface area contributed by atoms with Crippen molar-refractivity contribution in [3.63, 3.8) is 0 Å². The van der Waals surface area contributed by atoms with E-state index in [4.69, 9.17) is 0 Å². The van der Waals surface area contributed by atoms with Gasteiger partial charge in [0.1, 0.15) is 5.82 Å². The second-order valence-electron chi connectivity index (χ2n) is 5.96.